The number of rotatable bonds is 1. The smallest absolute Gasteiger partial charge is 0.129 e. The number of benzene rings is 1. The largest absolute Gasteiger partial charge is 0.310 e. The Balaban J connectivity index is 2.36. The molecule has 1 aromatic carbocycles. The van der Waals surface area contributed by atoms with E-state index in [1.807, 2.05) is 13.0 Å². The molecule has 1 heterocycles. The molecule has 2 rings (SSSR count). The molecule has 1 atom stereocenters. The van der Waals surface area contributed by atoms with Crippen LogP contribution in [0.2, 0.25) is 0 Å². The van der Waals surface area contributed by atoms with Crippen LogP contribution in [0.1, 0.15) is 36.4 Å². The van der Waals surface area contributed by atoms with Crippen molar-refractivity contribution in [2.75, 3.05) is 6.54 Å². The molecule has 0 amide bonds. The number of nitrogens with one attached hydrogen (secondary N) is 1. The fourth-order valence-electron chi connectivity index (χ4n) is 2.10. The average Bonchev–Trinajstić information content (AvgIpc) is 2.26. The van der Waals surface area contributed by atoms with Crippen LogP contribution < -0.4 is 5.32 Å². The first kappa shape index (κ1) is 11.1. The molecule has 1 aromatic rings. The molecule has 15 heavy (non-hydrogen) atoms. The highest BCUT2D eigenvalue weighted by Crippen LogP contribution is 2.33. The van der Waals surface area contributed by atoms with E-state index in [1.165, 1.54) is 12.8 Å². The normalized spacial score (nSPS) is 21.7. The van der Waals surface area contributed by atoms with Crippen molar-refractivity contribution >= 4 is 15.9 Å². The summed E-state index contributed by atoms with van der Waals surface area (Å²) in [6.45, 7) is 2.99. The molecule has 0 aliphatic carbocycles. The van der Waals surface area contributed by atoms with E-state index in [1.54, 1.807) is 6.07 Å². The van der Waals surface area contributed by atoms with Crippen LogP contribution >= 0.6 is 15.9 Å². The molecule has 1 saturated heterocycles. The van der Waals surface area contributed by atoms with Crippen molar-refractivity contribution in [1.82, 2.24) is 5.32 Å². The van der Waals surface area contributed by atoms with E-state index < -0.39 is 0 Å². The predicted molar refractivity (Wildman–Crippen MR) is 63.4 cm³/mol. The van der Waals surface area contributed by atoms with Crippen LogP contribution in [0.15, 0.2) is 16.6 Å². The third-order valence-electron chi connectivity index (χ3n) is 2.98. The number of piperidine rings is 1. The maximum Gasteiger partial charge on any atom is 0.129 e. The second kappa shape index (κ2) is 4.62. The van der Waals surface area contributed by atoms with Gasteiger partial charge in [0, 0.05) is 16.1 Å². The van der Waals surface area contributed by atoms with Gasteiger partial charge in [0.1, 0.15) is 5.82 Å². The van der Waals surface area contributed by atoms with Gasteiger partial charge in [0.25, 0.3) is 0 Å². The van der Waals surface area contributed by atoms with Crippen molar-refractivity contribution in [3.8, 4) is 0 Å². The molecule has 1 aliphatic rings. The van der Waals surface area contributed by atoms with Crippen LogP contribution in [-0.2, 0) is 0 Å². The second-order valence-electron chi connectivity index (χ2n) is 4.09. The number of aryl methyl sites for hydroxylation is 1. The van der Waals surface area contributed by atoms with Crippen molar-refractivity contribution in [3.63, 3.8) is 0 Å². The molecular weight excluding hydrogens is 257 g/mol. The summed E-state index contributed by atoms with van der Waals surface area (Å²) < 4.78 is 14.7. The molecule has 1 N–H and O–H groups in total. The molecule has 0 spiro atoms. The summed E-state index contributed by atoms with van der Waals surface area (Å²) >= 11 is 3.49. The highest BCUT2D eigenvalue weighted by molar-refractivity contribution is 9.10. The predicted octanol–water partition coefficient (Wildman–Crippen LogP) is 3.71. The van der Waals surface area contributed by atoms with Crippen LogP contribution in [-0.4, -0.2) is 6.54 Å². The second-order valence-corrected chi connectivity index (χ2v) is 4.89. The van der Waals surface area contributed by atoms with Gasteiger partial charge in [0.2, 0.25) is 0 Å². The monoisotopic (exact) mass is 271 g/mol. The first-order chi connectivity index (χ1) is 7.20. The van der Waals surface area contributed by atoms with Crippen molar-refractivity contribution < 1.29 is 4.39 Å². The number of hydrogen-bond donors (Lipinski definition) is 1. The maximum absolute atomic E-state index is 13.7. The fraction of sp³-hybridized carbons (Fsp3) is 0.500. The van der Waals surface area contributed by atoms with Crippen LogP contribution in [0.25, 0.3) is 0 Å². The van der Waals surface area contributed by atoms with Crippen molar-refractivity contribution in [2.45, 2.75) is 32.2 Å². The third kappa shape index (κ3) is 2.23. The van der Waals surface area contributed by atoms with Crippen molar-refractivity contribution in [1.29, 1.82) is 0 Å². The van der Waals surface area contributed by atoms with E-state index in [4.69, 9.17) is 0 Å². The summed E-state index contributed by atoms with van der Waals surface area (Å²) in [5.41, 5.74) is 1.90. The zero-order valence-corrected chi connectivity index (χ0v) is 10.4. The van der Waals surface area contributed by atoms with Gasteiger partial charge in [-0.2, -0.15) is 0 Å². The van der Waals surface area contributed by atoms with Gasteiger partial charge in [-0.15, -0.1) is 0 Å². The quantitative estimate of drug-likeness (QED) is 0.821. The van der Waals surface area contributed by atoms with Crippen LogP contribution in [0.3, 0.4) is 0 Å². The Morgan fingerprint density at radius 3 is 2.87 bits per heavy atom. The molecule has 0 saturated carbocycles. The van der Waals surface area contributed by atoms with E-state index in [2.05, 4.69) is 21.2 Å². The Morgan fingerprint density at radius 2 is 2.20 bits per heavy atom. The lowest BCUT2D eigenvalue weighted by molar-refractivity contribution is 0.398. The summed E-state index contributed by atoms with van der Waals surface area (Å²) in [7, 11) is 0. The lowest BCUT2D eigenvalue weighted by Crippen LogP contribution is -2.28. The molecule has 0 radical (unpaired) electrons. The van der Waals surface area contributed by atoms with Crippen LogP contribution in [0, 0.1) is 12.7 Å². The van der Waals surface area contributed by atoms with Crippen LogP contribution in [0.5, 0.6) is 0 Å². The summed E-state index contributed by atoms with van der Waals surface area (Å²) in [5, 5.41) is 3.37. The van der Waals surface area contributed by atoms with Gasteiger partial charge in [-0.3, -0.25) is 0 Å². The topological polar surface area (TPSA) is 12.0 Å². The Kier molecular flexibility index (Phi) is 3.42. The molecule has 0 bridgehead atoms. The van der Waals surface area contributed by atoms with E-state index >= 15 is 0 Å². The third-order valence-corrected chi connectivity index (χ3v) is 4.03. The Hall–Kier alpha value is -0.410. The highest BCUT2D eigenvalue weighted by Gasteiger charge is 2.21. The molecule has 1 unspecified atom stereocenters. The van der Waals surface area contributed by atoms with Gasteiger partial charge < -0.3 is 5.32 Å². The lowest BCUT2D eigenvalue weighted by atomic mass is 9.96. The summed E-state index contributed by atoms with van der Waals surface area (Å²) in [6, 6.07) is 3.55. The Morgan fingerprint density at radius 1 is 1.40 bits per heavy atom. The van der Waals surface area contributed by atoms with Gasteiger partial charge in [-0.25, -0.2) is 4.39 Å². The Labute approximate surface area is 98.2 Å². The summed E-state index contributed by atoms with van der Waals surface area (Å²) in [6.07, 6.45) is 3.40. The molecule has 1 fully saturated rings. The zero-order valence-electron chi connectivity index (χ0n) is 8.82. The minimum atomic E-state index is -0.105. The van der Waals surface area contributed by atoms with E-state index in [-0.39, 0.29) is 11.9 Å². The number of halogens is 2. The van der Waals surface area contributed by atoms with Gasteiger partial charge in [-0.1, -0.05) is 28.4 Å². The van der Waals surface area contributed by atoms with Crippen molar-refractivity contribution in [2.24, 2.45) is 0 Å². The zero-order chi connectivity index (χ0) is 10.8. The first-order valence-corrected chi connectivity index (χ1v) is 6.17. The molecular formula is C12H15BrFN. The molecule has 0 aromatic heterocycles. The van der Waals surface area contributed by atoms with E-state index in [0.29, 0.717) is 0 Å². The van der Waals surface area contributed by atoms with Gasteiger partial charge >= 0.3 is 0 Å². The first-order valence-electron chi connectivity index (χ1n) is 5.38. The molecule has 1 aliphatic heterocycles. The van der Waals surface area contributed by atoms with Crippen molar-refractivity contribution in [3.05, 3.63) is 33.5 Å². The van der Waals surface area contributed by atoms with Gasteiger partial charge in [0.05, 0.1) is 0 Å². The molecule has 1 nitrogen and oxygen atoms in total. The SMILES string of the molecule is Cc1ccc(F)c(C2CCCCN2)c1Br. The summed E-state index contributed by atoms with van der Waals surface area (Å²) in [4.78, 5) is 0. The minimum absolute atomic E-state index is 0.105. The maximum atomic E-state index is 13.7. The molecule has 82 valence electrons. The molecule has 3 heteroatoms. The van der Waals surface area contributed by atoms with Gasteiger partial charge in [0.15, 0.2) is 0 Å². The fourth-order valence-corrected chi connectivity index (χ4v) is 2.69. The van der Waals surface area contributed by atoms with Crippen LogP contribution in [0.4, 0.5) is 4.39 Å². The highest BCUT2D eigenvalue weighted by atomic mass is 79.9. The minimum Gasteiger partial charge on any atom is -0.310 e. The van der Waals surface area contributed by atoms with E-state index in [0.717, 1.165) is 28.6 Å². The van der Waals surface area contributed by atoms with Gasteiger partial charge in [-0.05, 0) is 37.9 Å². The summed E-state index contributed by atoms with van der Waals surface area (Å²) in [5.74, 6) is -0.105. The number of hydrogen-bond acceptors (Lipinski definition) is 1. The Bertz CT molecular complexity index is 359. The lowest BCUT2D eigenvalue weighted by Gasteiger charge is -2.25. The average molecular weight is 272 g/mol. The van der Waals surface area contributed by atoms with E-state index in [9.17, 15) is 4.39 Å². The standard InChI is InChI=1S/C12H15BrFN/c1-8-5-6-9(14)11(12(8)13)10-4-2-3-7-15-10/h5-6,10,15H,2-4,7H2,1H3.